The summed E-state index contributed by atoms with van der Waals surface area (Å²) in [6, 6.07) is 0. The molecule has 0 spiro atoms. The van der Waals surface area contributed by atoms with Crippen LogP contribution >= 0.6 is 0 Å². The third-order valence-corrected chi connectivity index (χ3v) is 13.7. The molecule has 6 heteroatoms. The molecule has 0 aromatic carbocycles. The van der Waals surface area contributed by atoms with Gasteiger partial charge < -0.3 is 14.2 Å². The summed E-state index contributed by atoms with van der Waals surface area (Å²) >= 11 is 0. The molecular formula is C66H118O6. The molecule has 0 saturated carbocycles. The van der Waals surface area contributed by atoms with Crippen molar-refractivity contribution in [3.8, 4) is 0 Å². The van der Waals surface area contributed by atoms with Crippen molar-refractivity contribution in [1.29, 1.82) is 0 Å². The smallest absolute Gasteiger partial charge is 0.306 e. The van der Waals surface area contributed by atoms with Gasteiger partial charge in [0.25, 0.3) is 0 Å². The number of unbranched alkanes of at least 4 members (excludes halogenated alkanes) is 36. The largest absolute Gasteiger partial charge is 0.462 e. The van der Waals surface area contributed by atoms with E-state index in [0.29, 0.717) is 19.3 Å². The monoisotopic (exact) mass is 1010 g/mol. The van der Waals surface area contributed by atoms with Crippen LogP contribution in [0.1, 0.15) is 323 Å². The molecule has 72 heavy (non-hydrogen) atoms. The molecule has 0 aromatic rings. The van der Waals surface area contributed by atoms with Crippen LogP contribution in [0.5, 0.6) is 0 Å². The molecule has 0 radical (unpaired) electrons. The second kappa shape index (κ2) is 60.7. The van der Waals surface area contributed by atoms with Gasteiger partial charge in [0.15, 0.2) is 6.10 Å². The van der Waals surface area contributed by atoms with E-state index < -0.39 is 6.10 Å². The third-order valence-electron chi connectivity index (χ3n) is 13.7. The Morgan fingerprint density at radius 1 is 0.278 bits per heavy atom. The van der Waals surface area contributed by atoms with Crippen molar-refractivity contribution >= 4 is 17.9 Å². The lowest BCUT2D eigenvalue weighted by atomic mass is 10.0. The zero-order valence-corrected chi connectivity index (χ0v) is 47.9. The summed E-state index contributed by atoms with van der Waals surface area (Å²) in [5.41, 5.74) is 0. The molecule has 0 heterocycles. The lowest BCUT2D eigenvalue weighted by molar-refractivity contribution is -0.167. The van der Waals surface area contributed by atoms with Crippen molar-refractivity contribution in [2.75, 3.05) is 13.2 Å². The summed E-state index contributed by atoms with van der Waals surface area (Å²) in [6.45, 7) is 6.62. The Balaban J connectivity index is 4.39. The van der Waals surface area contributed by atoms with Gasteiger partial charge in [0.2, 0.25) is 0 Å². The predicted octanol–water partition coefficient (Wildman–Crippen LogP) is 21.2. The summed E-state index contributed by atoms with van der Waals surface area (Å²) in [6.07, 6.45) is 76.4. The van der Waals surface area contributed by atoms with E-state index in [-0.39, 0.29) is 31.1 Å². The number of carbonyl (C=O) groups is 3. The molecule has 418 valence electrons. The first-order valence-corrected chi connectivity index (χ1v) is 31.3. The SMILES string of the molecule is CCCCC/C=C\C/C=C\C/C=C\CCCCCCCCC(=O)OCC(COC(=O)CCCCCCCCC/C=C\C/C=C\CCCCC)OC(=O)CCCCCCCCCCCCCCCCCCCC. The first-order chi connectivity index (χ1) is 35.5. The fourth-order valence-corrected chi connectivity index (χ4v) is 9.01. The van der Waals surface area contributed by atoms with E-state index in [0.717, 1.165) is 89.9 Å². The second-order valence-electron chi connectivity index (χ2n) is 21.0. The highest BCUT2D eigenvalue weighted by Crippen LogP contribution is 2.17. The number of carbonyl (C=O) groups excluding carboxylic acids is 3. The van der Waals surface area contributed by atoms with Crippen molar-refractivity contribution < 1.29 is 28.6 Å². The molecule has 1 atom stereocenters. The normalized spacial score (nSPS) is 12.4. The summed E-state index contributed by atoms with van der Waals surface area (Å²) in [4.78, 5) is 38.3. The van der Waals surface area contributed by atoms with Gasteiger partial charge >= 0.3 is 17.9 Å². The molecule has 0 amide bonds. The third kappa shape index (κ3) is 58.0. The molecule has 1 unspecified atom stereocenters. The second-order valence-corrected chi connectivity index (χ2v) is 21.0. The van der Waals surface area contributed by atoms with E-state index in [1.807, 2.05) is 0 Å². The molecule has 0 fully saturated rings. The molecular weight excluding hydrogens is 889 g/mol. The van der Waals surface area contributed by atoms with Crippen LogP contribution in [0, 0.1) is 0 Å². The van der Waals surface area contributed by atoms with Crippen molar-refractivity contribution in [3.05, 3.63) is 60.8 Å². The summed E-state index contributed by atoms with van der Waals surface area (Å²) in [5.74, 6) is -0.882. The van der Waals surface area contributed by atoms with Gasteiger partial charge in [-0.2, -0.15) is 0 Å². The Kier molecular flexibility index (Phi) is 58.2. The Morgan fingerprint density at radius 2 is 0.500 bits per heavy atom. The fraction of sp³-hybridized carbons (Fsp3) is 0.803. The van der Waals surface area contributed by atoms with Crippen LogP contribution in [0.3, 0.4) is 0 Å². The van der Waals surface area contributed by atoms with Gasteiger partial charge in [0, 0.05) is 19.3 Å². The minimum atomic E-state index is -0.782. The number of ether oxygens (including phenoxy) is 3. The van der Waals surface area contributed by atoms with Gasteiger partial charge in [-0.1, -0.05) is 274 Å². The molecule has 6 nitrogen and oxygen atoms in total. The minimum Gasteiger partial charge on any atom is -0.462 e. The number of hydrogen-bond acceptors (Lipinski definition) is 6. The molecule has 0 saturated heterocycles. The van der Waals surface area contributed by atoms with Gasteiger partial charge in [-0.3, -0.25) is 14.4 Å². The molecule has 0 N–H and O–H groups in total. The van der Waals surface area contributed by atoms with Gasteiger partial charge in [-0.25, -0.2) is 0 Å². The average Bonchev–Trinajstić information content (AvgIpc) is 3.38. The highest BCUT2D eigenvalue weighted by molar-refractivity contribution is 5.71. The van der Waals surface area contributed by atoms with Crippen molar-refractivity contribution in [1.82, 2.24) is 0 Å². The maximum atomic E-state index is 12.9. The van der Waals surface area contributed by atoms with E-state index in [9.17, 15) is 14.4 Å². The molecule has 0 bridgehead atoms. The van der Waals surface area contributed by atoms with Crippen LogP contribution in [0.25, 0.3) is 0 Å². The van der Waals surface area contributed by atoms with Crippen LogP contribution in [-0.4, -0.2) is 37.2 Å². The van der Waals surface area contributed by atoms with Gasteiger partial charge in [-0.15, -0.1) is 0 Å². The van der Waals surface area contributed by atoms with Crippen LogP contribution in [0.2, 0.25) is 0 Å². The Labute approximate surface area is 447 Å². The van der Waals surface area contributed by atoms with Crippen LogP contribution < -0.4 is 0 Å². The Morgan fingerprint density at radius 3 is 0.806 bits per heavy atom. The maximum absolute atomic E-state index is 12.9. The van der Waals surface area contributed by atoms with Crippen LogP contribution in [0.4, 0.5) is 0 Å². The quantitative estimate of drug-likeness (QED) is 0.0261. The molecule has 0 aliphatic rings. The maximum Gasteiger partial charge on any atom is 0.306 e. The molecule has 0 aliphatic carbocycles. The van der Waals surface area contributed by atoms with Crippen molar-refractivity contribution in [2.24, 2.45) is 0 Å². The summed E-state index contributed by atoms with van der Waals surface area (Å²) in [5, 5.41) is 0. The van der Waals surface area contributed by atoms with E-state index in [1.165, 1.54) is 193 Å². The molecule has 0 aliphatic heterocycles. The van der Waals surface area contributed by atoms with Gasteiger partial charge in [-0.05, 0) is 89.9 Å². The van der Waals surface area contributed by atoms with E-state index in [1.54, 1.807) is 0 Å². The first kappa shape index (κ1) is 69.1. The Bertz CT molecular complexity index is 1290. The number of hydrogen-bond donors (Lipinski definition) is 0. The van der Waals surface area contributed by atoms with Gasteiger partial charge in [0.05, 0.1) is 0 Å². The standard InChI is InChI=1S/C66H118O6/c1-4-7-10-13-16-19-22-25-28-31-33-36-38-41-44-47-50-53-56-59-65(68)71-62-63(61-70-64(67)58-55-52-49-46-43-40-37-34-30-27-24-21-18-15-12-9-6-3)72-66(69)60-57-54-51-48-45-42-39-35-32-29-26-23-20-17-14-11-8-5-2/h16,18-19,21,25,27-28,30,33,36,63H,4-15,17,20,22-24,26,29,31-32,34-35,37-62H2,1-3H3/b19-16-,21-18-,28-25-,30-27-,36-33-. The van der Waals surface area contributed by atoms with Crippen LogP contribution in [0.15, 0.2) is 60.8 Å². The number of allylic oxidation sites excluding steroid dienone is 10. The fourth-order valence-electron chi connectivity index (χ4n) is 9.01. The predicted molar refractivity (Wildman–Crippen MR) is 312 cm³/mol. The van der Waals surface area contributed by atoms with Gasteiger partial charge in [0.1, 0.15) is 13.2 Å². The number of esters is 3. The van der Waals surface area contributed by atoms with Crippen molar-refractivity contribution in [2.45, 2.75) is 329 Å². The van der Waals surface area contributed by atoms with E-state index in [4.69, 9.17) is 14.2 Å². The first-order valence-electron chi connectivity index (χ1n) is 31.3. The summed E-state index contributed by atoms with van der Waals surface area (Å²) in [7, 11) is 0. The zero-order valence-electron chi connectivity index (χ0n) is 47.9. The van der Waals surface area contributed by atoms with E-state index >= 15 is 0 Å². The molecule has 0 rings (SSSR count). The average molecular weight is 1010 g/mol. The lowest BCUT2D eigenvalue weighted by Crippen LogP contribution is -2.30. The van der Waals surface area contributed by atoms with Crippen LogP contribution in [-0.2, 0) is 28.6 Å². The highest BCUT2D eigenvalue weighted by atomic mass is 16.6. The Hall–Kier alpha value is -2.89. The highest BCUT2D eigenvalue weighted by Gasteiger charge is 2.19. The topological polar surface area (TPSA) is 78.9 Å². The molecule has 0 aromatic heterocycles. The summed E-state index contributed by atoms with van der Waals surface area (Å²) < 4.78 is 16.9. The number of rotatable bonds is 57. The van der Waals surface area contributed by atoms with E-state index in [2.05, 4.69) is 81.5 Å². The lowest BCUT2D eigenvalue weighted by Gasteiger charge is -2.18. The van der Waals surface area contributed by atoms with Crippen molar-refractivity contribution in [3.63, 3.8) is 0 Å². The minimum absolute atomic E-state index is 0.0799. The zero-order chi connectivity index (χ0) is 52.2.